The molecule has 0 radical (unpaired) electrons. The molecule has 0 fully saturated rings. The molecule has 0 spiro atoms. The van der Waals surface area contributed by atoms with E-state index >= 15 is 0 Å². The minimum absolute atomic E-state index is 0.0824. The van der Waals surface area contributed by atoms with Gasteiger partial charge in [-0.15, -0.1) is 0 Å². The summed E-state index contributed by atoms with van der Waals surface area (Å²) in [6.45, 7) is 3.99. The van der Waals surface area contributed by atoms with Crippen molar-refractivity contribution < 1.29 is 9.53 Å². The number of benzene rings is 2. The van der Waals surface area contributed by atoms with Crippen LogP contribution >= 0.6 is 23.2 Å². The predicted molar refractivity (Wildman–Crippen MR) is 109 cm³/mol. The number of hydrogen-bond donors (Lipinski definition) is 1. The number of fused-ring (bicyclic) bond motifs is 1. The highest BCUT2D eigenvalue weighted by Gasteiger charge is 2.17. The molecule has 2 aromatic carbocycles. The van der Waals surface area contributed by atoms with Gasteiger partial charge in [-0.1, -0.05) is 35.3 Å². The van der Waals surface area contributed by atoms with Crippen LogP contribution in [-0.2, 0) is 16.1 Å². The molecule has 0 unspecified atom stereocenters. The van der Waals surface area contributed by atoms with Crippen molar-refractivity contribution in [2.75, 3.05) is 19.8 Å². The van der Waals surface area contributed by atoms with E-state index in [1.54, 1.807) is 12.1 Å². The molecular formula is C20H21Cl2N3O2. The van der Waals surface area contributed by atoms with E-state index in [0.29, 0.717) is 35.6 Å². The Morgan fingerprint density at radius 2 is 2.04 bits per heavy atom. The van der Waals surface area contributed by atoms with Crippen molar-refractivity contribution >= 4 is 40.1 Å². The zero-order chi connectivity index (χ0) is 19.2. The summed E-state index contributed by atoms with van der Waals surface area (Å²) in [4.78, 5) is 17.1. The molecule has 27 heavy (non-hydrogen) atoms. The second kappa shape index (κ2) is 9.22. The molecule has 0 bridgehead atoms. The lowest BCUT2D eigenvalue weighted by molar-refractivity contribution is -0.121. The van der Waals surface area contributed by atoms with Gasteiger partial charge in [-0.05, 0) is 43.7 Å². The average Bonchev–Trinajstić information content (AvgIpc) is 3.00. The Labute approximate surface area is 168 Å². The maximum atomic E-state index is 12.5. The molecular weight excluding hydrogens is 385 g/mol. The Hall–Kier alpha value is -2.08. The van der Waals surface area contributed by atoms with Gasteiger partial charge >= 0.3 is 0 Å². The monoisotopic (exact) mass is 405 g/mol. The number of halogens is 2. The Kier molecular flexibility index (Phi) is 6.72. The summed E-state index contributed by atoms with van der Waals surface area (Å²) in [7, 11) is 0. The van der Waals surface area contributed by atoms with Gasteiger partial charge in [0, 0.05) is 30.3 Å². The third-order valence-corrected chi connectivity index (χ3v) is 4.67. The quantitative estimate of drug-likeness (QED) is 0.559. The van der Waals surface area contributed by atoms with Crippen molar-refractivity contribution in [3.05, 3.63) is 52.5 Å². The van der Waals surface area contributed by atoms with Crippen molar-refractivity contribution in [3.63, 3.8) is 0 Å². The standard InChI is InChI=1S/C20H21Cl2N3O2/c1-2-27-11-5-10-23-19(26)13-25-18-7-4-3-6-17(18)24-20(25)15-9-8-14(21)12-16(15)22/h3-4,6-9,12H,2,5,10-11,13H2,1H3,(H,23,26). The lowest BCUT2D eigenvalue weighted by Gasteiger charge is -2.11. The molecule has 0 aliphatic heterocycles. The summed E-state index contributed by atoms with van der Waals surface area (Å²) in [5, 5.41) is 3.98. The van der Waals surface area contributed by atoms with Gasteiger partial charge in [-0.3, -0.25) is 4.79 Å². The van der Waals surface area contributed by atoms with E-state index in [9.17, 15) is 4.79 Å². The zero-order valence-electron chi connectivity index (χ0n) is 15.0. The number of carbonyl (C=O) groups is 1. The fourth-order valence-electron chi connectivity index (χ4n) is 2.86. The van der Waals surface area contributed by atoms with Crippen molar-refractivity contribution in [3.8, 4) is 11.4 Å². The molecule has 0 saturated carbocycles. The molecule has 1 heterocycles. The Morgan fingerprint density at radius 3 is 2.81 bits per heavy atom. The van der Waals surface area contributed by atoms with Gasteiger partial charge in [0.05, 0.1) is 16.1 Å². The van der Waals surface area contributed by atoms with Crippen LogP contribution < -0.4 is 5.32 Å². The fourth-order valence-corrected chi connectivity index (χ4v) is 3.35. The molecule has 1 N–H and O–H groups in total. The van der Waals surface area contributed by atoms with Crippen LogP contribution in [0.3, 0.4) is 0 Å². The van der Waals surface area contributed by atoms with E-state index in [4.69, 9.17) is 27.9 Å². The molecule has 3 rings (SSSR count). The molecule has 142 valence electrons. The minimum Gasteiger partial charge on any atom is -0.382 e. The van der Waals surface area contributed by atoms with Crippen molar-refractivity contribution in [2.24, 2.45) is 0 Å². The number of para-hydroxylation sites is 2. The minimum atomic E-state index is -0.0824. The van der Waals surface area contributed by atoms with Crippen LogP contribution in [0.2, 0.25) is 10.0 Å². The normalized spacial score (nSPS) is 11.1. The summed E-state index contributed by atoms with van der Waals surface area (Å²) in [6, 6.07) is 13.0. The first-order valence-electron chi connectivity index (χ1n) is 8.85. The van der Waals surface area contributed by atoms with Gasteiger partial charge in [0.1, 0.15) is 12.4 Å². The third kappa shape index (κ3) is 4.80. The summed E-state index contributed by atoms with van der Waals surface area (Å²) in [6.07, 6.45) is 0.778. The number of rotatable bonds is 8. The number of aromatic nitrogens is 2. The van der Waals surface area contributed by atoms with E-state index in [1.165, 1.54) is 0 Å². The SMILES string of the molecule is CCOCCCNC(=O)Cn1c(-c2ccc(Cl)cc2Cl)nc2ccccc21. The first kappa shape index (κ1) is 19.7. The third-order valence-electron chi connectivity index (χ3n) is 4.12. The number of amides is 1. The van der Waals surface area contributed by atoms with Gasteiger partial charge in [0.15, 0.2) is 0 Å². The molecule has 7 heteroatoms. The smallest absolute Gasteiger partial charge is 0.240 e. The van der Waals surface area contributed by atoms with Gasteiger partial charge in [0.25, 0.3) is 0 Å². The van der Waals surface area contributed by atoms with E-state index < -0.39 is 0 Å². The van der Waals surface area contributed by atoms with Crippen LogP contribution in [0, 0.1) is 0 Å². The van der Waals surface area contributed by atoms with Crippen LogP contribution in [-0.4, -0.2) is 35.2 Å². The van der Waals surface area contributed by atoms with Crippen molar-refractivity contribution in [1.29, 1.82) is 0 Å². The molecule has 0 aliphatic rings. The molecule has 0 atom stereocenters. The van der Waals surface area contributed by atoms with Crippen LogP contribution in [0.5, 0.6) is 0 Å². The predicted octanol–water partition coefficient (Wildman–Crippen LogP) is 4.55. The second-order valence-corrected chi connectivity index (χ2v) is 6.88. The summed E-state index contributed by atoms with van der Waals surface area (Å²) >= 11 is 12.4. The average molecular weight is 406 g/mol. The molecule has 5 nitrogen and oxygen atoms in total. The van der Waals surface area contributed by atoms with E-state index in [2.05, 4.69) is 10.3 Å². The first-order valence-corrected chi connectivity index (χ1v) is 9.61. The van der Waals surface area contributed by atoms with Crippen LogP contribution in [0.15, 0.2) is 42.5 Å². The van der Waals surface area contributed by atoms with Gasteiger partial charge < -0.3 is 14.6 Å². The number of carbonyl (C=O) groups excluding carboxylic acids is 1. The summed E-state index contributed by atoms with van der Waals surface area (Å²) in [5.41, 5.74) is 2.42. The number of nitrogens with zero attached hydrogens (tertiary/aromatic N) is 2. The Balaban J connectivity index is 1.86. The topological polar surface area (TPSA) is 56.1 Å². The van der Waals surface area contributed by atoms with Crippen LogP contribution in [0.4, 0.5) is 0 Å². The molecule has 0 saturated heterocycles. The maximum Gasteiger partial charge on any atom is 0.240 e. The van der Waals surface area contributed by atoms with Crippen LogP contribution in [0.25, 0.3) is 22.4 Å². The van der Waals surface area contributed by atoms with Crippen LogP contribution in [0.1, 0.15) is 13.3 Å². The maximum absolute atomic E-state index is 12.5. The highest BCUT2D eigenvalue weighted by atomic mass is 35.5. The molecule has 0 aliphatic carbocycles. The molecule has 1 amide bonds. The lowest BCUT2D eigenvalue weighted by atomic mass is 10.2. The largest absolute Gasteiger partial charge is 0.382 e. The number of imidazole rings is 1. The highest BCUT2D eigenvalue weighted by molar-refractivity contribution is 6.36. The summed E-state index contributed by atoms with van der Waals surface area (Å²) < 4.78 is 7.16. The van der Waals surface area contributed by atoms with Crippen molar-refractivity contribution in [2.45, 2.75) is 19.9 Å². The summed E-state index contributed by atoms with van der Waals surface area (Å²) in [5.74, 6) is 0.559. The lowest BCUT2D eigenvalue weighted by Crippen LogP contribution is -2.29. The van der Waals surface area contributed by atoms with Crippen molar-refractivity contribution in [1.82, 2.24) is 14.9 Å². The zero-order valence-corrected chi connectivity index (χ0v) is 16.6. The number of nitrogens with one attached hydrogen (secondary N) is 1. The number of ether oxygens (including phenoxy) is 1. The molecule has 3 aromatic rings. The Bertz CT molecular complexity index is 940. The first-order chi connectivity index (χ1) is 13.1. The van der Waals surface area contributed by atoms with E-state index in [0.717, 1.165) is 23.0 Å². The van der Waals surface area contributed by atoms with Gasteiger partial charge in [-0.25, -0.2) is 4.98 Å². The molecule has 1 aromatic heterocycles. The Morgan fingerprint density at radius 1 is 1.22 bits per heavy atom. The van der Waals surface area contributed by atoms with Gasteiger partial charge in [0.2, 0.25) is 5.91 Å². The fraction of sp³-hybridized carbons (Fsp3) is 0.300. The number of hydrogen-bond acceptors (Lipinski definition) is 3. The second-order valence-electron chi connectivity index (χ2n) is 6.03. The van der Waals surface area contributed by atoms with Gasteiger partial charge in [-0.2, -0.15) is 0 Å². The van der Waals surface area contributed by atoms with E-state index in [1.807, 2.05) is 41.8 Å². The highest BCUT2D eigenvalue weighted by Crippen LogP contribution is 2.32. The van der Waals surface area contributed by atoms with E-state index in [-0.39, 0.29) is 12.5 Å².